The van der Waals surface area contributed by atoms with Gasteiger partial charge in [0.25, 0.3) is 0 Å². The van der Waals surface area contributed by atoms with Gasteiger partial charge in [-0.05, 0) is 31.1 Å². The van der Waals surface area contributed by atoms with Gasteiger partial charge in [-0.15, -0.1) is 0 Å². The van der Waals surface area contributed by atoms with Crippen LogP contribution in [0, 0.1) is 5.92 Å². The highest BCUT2D eigenvalue weighted by Crippen LogP contribution is 2.33. The first-order chi connectivity index (χ1) is 7.18. The third kappa shape index (κ3) is 2.16. The van der Waals surface area contributed by atoms with Crippen molar-refractivity contribution in [2.24, 2.45) is 5.92 Å². The fourth-order valence-corrected chi connectivity index (χ4v) is 2.22. The van der Waals surface area contributed by atoms with Crippen molar-refractivity contribution in [1.82, 2.24) is 10.2 Å². The van der Waals surface area contributed by atoms with Crippen LogP contribution in [0.5, 0.6) is 0 Å². The Kier molecular flexibility index (Phi) is 2.98. The summed E-state index contributed by atoms with van der Waals surface area (Å²) in [6, 6.07) is 0. The van der Waals surface area contributed by atoms with Crippen molar-refractivity contribution in [2.45, 2.75) is 46.0 Å². The summed E-state index contributed by atoms with van der Waals surface area (Å²) in [6.07, 6.45) is 3.76. The molecule has 0 aliphatic heterocycles. The highest BCUT2D eigenvalue weighted by Gasteiger charge is 2.21. The zero-order valence-electron chi connectivity index (χ0n) is 9.93. The number of nitrogens with zero attached hydrogens (tertiary/aromatic N) is 1. The van der Waals surface area contributed by atoms with Crippen molar-refractivity contribution in [3.63, 3.8) is 0 Å². The fraction of sp³-hybridized carbons (Fsp3) is 0.750. The van der Waals surface area contributed by atoms with Crippen LogP contribution >= 0.6 is 0 Å². The lowest BCUT2D eigenvalue weighted by molar-refractivity contribution is 0.578. The van der Waals surface area contributed by atoms with Gasteiger partial charge in [-0.25, -0.2) is 0 Å². The molecule has 0 fully saturated rings. The van der Waals surface area contributed by atoms with Crippen molar-refractivity contribution in [3.8, 4) is 0 Å². The topological polar surface area (TPSA) is 40.7 Å². The van der Waals surface area contributed by atoms with E-state index in [1.165, 1.54) is 30.5 Å². The Morgan fingerprint density at radius 1 is 1.53 bits per heavy atom. The summed E-state index contributed by atoms with van der Waals surface area (Å²) in [4.78, 5) is 0. The van der Waals surface area contributed by atoms with E-state index < -0.39 is 0 Å². The van der Waals surface area contributed by atoms with E-state index in [-0.39, 0.29) is 0 Å². The molecule has 1 unspecified atom stereocenters. The quantitative estimate of drug-likeness (QED) is 0.800. The van der Waals surface area contributed by atoms with Crippen LogP contribution in [0.3, 0.4) is 0 Å². The molecule has 84 valence electrons. The molecule has 1 aromatic heterocycles. The second-order valence-corrected chi connectivity index (χ2v) is 5.03. The number of aromatic amines is 1. The number of hydrogen-bond acceptors (Lipinski definition) is 2. The van der Waals surface area contributed by atoms with Gasteiger partial charge < -0.3 is 5.32 Å². The van der Waals surface area contributed by atoms with Gasteiger partial charge in [0, 0.05) is 17.8 Å². The minimum atomic E-state index is 0.649. The first kappa shape index (κ1) is 10.5. The number of nitrogens with one attached hydrogen (secondary N) is 2. The summed E-state index contributed by atoms with van der Waals surface area (Å²) in [5, 5.41) is 11.0. The molecule has 0 amide bonds. The molecule has 0 bridgehead atoms. The van der Waals surface area contributed by atoms with Crippen molar-refractivity contribution in [2.75, 3.05) is 11.9 Å². The Bertz CT molecular complexity index is 328. The van der Waals surface area contributed by atoms with Crippen LogP contribution in [0.15, 0.2) is 0 Å². The Hall–Kier alpha value is -0.990. The molecule has 0 aromatic carbocycles. The normalized spacial score (nSPS) is 20.4. The summed E-state index contributed by atoms with van der Waals surface area (Å²) in [6.45, 7) is 7.72. The van der Waals surface area contributed by atoms with Gasteiger partial charge in [0.15, 0.2) is 5.82 Å². The van der Waals surface area contributed by atoms with Crippen LogP contribution in [-0.4, -0.2) is 16.7 Å². The number of rotatable bonds is 3. The standard InChI is InChI=1S/C12H21N3/c1-8(2)7-13-12-10-6-4-5-9(3)11(10)14-15-12/h8-9H,4-7H2,1-3H3,(H2,13,14,15). The Morgan fingerprint density at radius 3 is 3.07 bits per heavy atom. The smallest absolute Gasteiger partial charge is 0.151 e. The molecule has 0 saturated heterocycles. The summed E-state index contributed by atoms with van der Waals surface area (Å²) >= 11 is 0. The van der Waals surface area contributed by atoms with E-state index in [0.29, 0.717) is 11.8 Å². The number of H-pyrrole nitrogens is 1. The van der Waals surface area contributed by atoms with Crippen LogP contribution in [0.1, 0.15) is 50.8 Å². The van der Waals surface area contributed by atoms with Crippen molar-refractivity contribution >= 4 is 5.82 Å². The molecule has 3 heteroatoms. The van der Waals surface area contributed by atoms with Crippen LogP contribution in [0.4, 0.5) is 5.82 Å². The zero-order valence-corrected chi connectivity index (χ0v) is 9.93. The summed E-state index contributed by atoms with van der Waals surface area (Å²) in [7, 11) is 0. The first-order valence-corrected chi connectivity index (χ1v) is 5.99. The van der Waals surface area contributed by atoms with Crippen molar-refractivity contribution in [3.05, 3.63) is 11.3 Å². The van der Waals surface area contributed by atoms with E-state index in [0.717, 1.165) is 12.4 Å². The largest absolute Gasteiger partial charge is 0.368 e. The molecule has 0 spiro atoms. The number of fused-ring (bicyclic) bond motifs is 1. The molecular weight excluding hydrogens is 186 g/mol. The van der Waals surface area contributed by atoms with E-state index in [9.17, 15) is 0 Å². The zero-order chi connectivity index (χ0) is 10.8. The van der Waals surface area contributed by atoms with E-state index in [4.69, 9.17) is 0 Å². The molecular formula is C12H21N3. The van der Waals surface area contributed by atoms with E-state index in [1.807, 2.05) is 0 Å². The minimum absolute atomic E-state index is 0.649. The lowest BCUT2D eigenvalue weighted by atomic mass is 9.89. The van der Waals surface area contributed by atoms with Crippen molar-refractivity contribution < 1.29 is 0 Å². The fourth-order valence-electron chi connectivity index (χ4n) is 2.22. The van der Waals surface area contributed by atoms with Gasteiger partial charge in [-0.2, -0.15) is 5.10 Å². The predicted molar refractivity (Wildman–Crippen MR) is 63.3 cm³/mol. The summed E-state index contributed by atoms with van der Waals surface area (Å²) < 4.78 is 0. The van der Waals surface area contributed by atoms with Gasteiger partial charge in [0.1, 0.15) is 0 Å². The summed E-state index contributed by atoms with van der Waals surface area (Å²) in [5.41, 5.74) is 2.78. The molecule has 1 atom stereocenters. The van der Waals surface area contributed by atoms with Gasteiger partial charge in [-0.1, -0.05) is 20.8 Å². The Balaban J connectivity index is 2.12. The molecule has 3 nitrogen and oxygen atoms in total. The number of aromatic nitrogens is 2. The van der Waals surface area contributed by atoms with Crippen LogP contribution in [0.25, 0.3) is 0 Å². The molecule has 2 rings (SSSR count). The molecule has 1 heterocycles. The van der Waals surface area contributed by atoms with E-state index in [2.05, 4.69) is 36.3 Å². The van der Waals surface area contributed by atoms with Gasteiger partial charge in [0.05, 0.1) is 0 Å². The second kappa shape index (κ2) is 4.25. The lowest BCUT2D eigenvalue weighted by Gasteiger charge is -2.18. The Morgan fingerprint density at radius 2 is 2.33 bits per heavy atom. The average molecular weight is 207 g/mol. The maximum Gasteiger partial charge on any atom is 0.151 e. The second-order valence-electron chi connectivity index (χ2n) is 5.03. The van der Waals surface area contributed by atoms with Crippen LogP contribution in [0.2, 0.25) is 0 Å². The van der Waals surface area contributed by atoms with Gasteiger partial charge >= 0.3 is 0 Å². The molecule has 0 radical (unpaired) electrons. The van der Waals surface area contributed by atoms with E-state index >= 15 is 0 Å². The number of hydrogen-bond donors (Lipinski definition) is 2. The molecule has 1 aliphatic rings. The maximum atomic E-state index is 4.38. The predicted octanol–water partition coefficient (Wildman–Crippen LogP) is 2.92. The number of anilines is 1. The van der Waals surface area contributed by atoms with Crippen LogP contribution < -0.4 is 5.32 Å². The maximum absolute atomic E-state index is 4.38. The SMILES string of the molecule is CC(C)CNc1n[nH]c2c1CCCC2C. The van der Waals surface area contributed by atoms with Crippen LogP contribution in [-0.2, 0) is 6.42 Å². The van der Waals surface area contributed by atoms with Gasteiger partial charge in [-0.3, -0.25) is 5.10 Å². The molecule has 1 aromatic rings. The lowest BCUT2D eigenvalue weighted by Crippen LogP contribution is -2.11. The first-order valence-electron chi connectivity index (χ1n) is 5.99. The molecule has 1 aliphatic carbocycles. The molecule has 15 heavy (non-hydrogen) atoms. The van der Waals surface area contributed by atoms with Crippen molar-refractivity contribution in [1.29, 1.82) is 0 Å². The van der Waals surface area contributed by atoms with E-state index in [1.54, 1.807) is 0 Å². The average Bonchev–Trinajstić information content (AvgIpc) is 2.59. The summed E-state index contributed by atoms with van der Waals surface area (Å²) in [5.74, 6) is 2.40. The highest BCUT2D eigenvalue weighted by molar-refractivity contribution is 5.48. The highest BCUT2D eigenvalue weighted by atomic mass is 15.2. The molecule has 2 N–H and O–H groups in total. The third-order valence-electron chi connectivity index (χ3n) is 3.13. The monoisotopic (exact) mass is 207 g/mol. The minimum Gasteiger partial charge on any atom is -0.368 e. The van der Waals surface area contributed by atoms with Gasteiger partial charge in [0.2, 0.25) is 0 Å². The third-order valence-corrected chi connectivity index (χ3v) is 3.13. The molecule has 0 saturated carbocycles. The Labute approximate surface area is 91.7 Å².